The molecule has 0 fully saturated rings. The molecule has 5 heteroatoms. The maximum Gasteiger partial charge on any atom is 0.132 e. The minimum atomic E-state index is -0.490. The summed E-state index contributed by atoms with van der Waals surface area (Å²) in [5.74, 6) is -0.393. The lowest BCUT2D eigenvalue weighted by Crippen LogP contribution is -2.13. The van der Waals surface area contributed by atoms with Gasteiger partial charge in [-0.05, 0) is 24.3 Å². The van der Waals surface area contributed by atoms with Gasteiger partial charge in [0.05, 0.1) is 5.02 Å². The second-order valence-electron chi connectivity index (χ2n) is 4.64. The average Bonchev–Trinajstić information content (AvgIpc) is 2.81. The van der Waals surface area contributed by atoms with Crippen molar-refractivity contribution in [2.75, 3.05) is 5.33 Å². The van der Waals surface area contributed by atoms with Crippen molar-refractivity contribution in [1.82, 2.24) is 0 Å². The zero-order valence-corrected chi connectivity index (χ0v) is 12.6. The average molecular weight is 360 g/mol. The first-order chi connectivity index (χ1) is 9.60. The first-order valence-electron chi connectivity index (χ1n) is 6.09. The summed E-state index contributed by atoms with van der Waals surface area (Å²) in [6.45, 7) is 0. The fourth-order valence-electron chi connectivity index (χ4n) is 2.42. The van der Waals surface area contributed by atoms with Gasteiger partial charge in [0.15, 0.2) is 0 Å². The van der Waals surface area contributed by atoms with Crippen LogP contribution in [0, 0.1) is 11.6 Å². The van der Waals surface area contributed by atoms with Crippen molar-refractivity contribution in [3.63, 3.8) is 0 Å². The molecule has 2 aromatic rings. The lowest BCUT2D eigenvalue weighted by Gasteiger charge is -2.12. The van der Waals surface area contributed by atoms with Gasteiger partial charge in [0, 0.05) is 28.4 Å². The summed E-state index contributed by atoms with van der Waals surface area (Å²) in [5, 5.41) is 0.872. The van der Waals surface area contributed by atoms with E-state index >= 15 is 0 Å². The van der Waals surface area contributed by atoms with E-state index in [9.17, 15) is 8.78 Å². The van der Waals surface area contributed by atoms with Crippen LogP contribution in [-0.2, 0) is 6.42 Å². The van der Waals surface area contributed by atoms with Crippen LogP contribution in [0.25, 0.3) is 11.1 Å². The second-order valence-corrected chi connectivity index (χ2v) is 5.69. The quantitative estimate of drug-likeness (QED) is 0.687. The topological polar surface area (TPSA) is 9.23 Å². The summed E-state index contributed by atoms with van der Waals surface area (Å²) >= 11 is 9.41. The molecule has 0 spiro atoms. The van der Waals surface area contributed by atoms with Gasteiger partial charge in [0.25, 0.3) is 0 Å². The predicted molar refractivity (Wildman–Crippen MR) is 78.7 cm³/mol. The Bertz CT molecular complexity index is 655. The maximum atomic E-state index is 14.0. The summed E-state index contributed by atoms with van der Waals surface area (Å²) in [7, 11) is 0. The number of benzene rings is 2. The maximum absolute atomic E-state index is 14.0. The lowest BCUT2D eigenvalue weighted by atomic mass is 10.00. The van der Waals surface area contributed by atoms with E-state index in [0.717, 1.165) is 5.56 Å². The highest BCUT2D eigenvalue weighted by Crippen LogP contribution is 2.43. The van der Waals surface area contributed by atoms with Crippen LogP contribution in [0.5, 0.6) is 5.75 Å². The number of ether oxygens (including phenoxy) is 1. The van der Waals surface area contributed by atoms with Gasteiger partial charge in [0.2, 0.25) is 0 Å². The van der Waals surface area contributed by atoms with Crippen LogP contribution in [0.4, 0.5) is 8.78 Å². The van der Waals surface area contributed by atoms with Crippen LogP contribution in [0.15, 0.2) is 30.3 Å². The molecule has 1 nitrogen and oxygen atoms in total. The second kappa shape index (κ2) is 5.34. The summed E-state index contributed by atoms with van der Waals surface area (Å²) in [6.07, 6.45) is 0.522. The molecule has 104 valence electrons. The van der Waals surface area contributed by atoms with Gasteiger partial charge < -0.3 is 4.74 Å². The van der Waals surface area contributed by atoms with Gasteiger partial charge in [-0.25, -0.2) is 8.78 Å². The van der Waals surface area contributed by atoms with Crippen molar-refractivity contribution in [3.8, 4) is 16.9 Å². The van der Waals surface area contributed by atoms with E-state index in [0.29, 0.717) is 23.1 Å². The van der Waals surface area contributed by atoms with Crippen LogP contribution >= 0.6 is 27.5 Å². The molecular weight excluding hydrogens is 350 g/mol. The number of halogens is 4. The lowest BCUT2D eigenvalue weighted by molar-refractivity contribution is 0.261. The van der Waals surface area contributed by atoms with Crippen molar-refractivity contribution in [1.29, 1.82) is 0 Å². The number of rotatable bonds is 2. The van der Waals surface area contributed by atoms with E-state index < -0.39 is 11.6 Å². The molecule has 0 unspecified atom stereocenters. The summed E-state index contributed by atoms with van der Waals surface area (Å²) in [5.41, 5.74) is 1.29. The van der Waals surface area contributed by atoms with E-state index in [1.54, 1.807) is 6.07 Å². The van der Waals surface area contributed by atoms with Gasteiger partial charge in [-0.2, -0.15) is 0 Å². The highest BCUT2D eigenvalue weighted by atomic mass is 79.9. The Kier molecular flexibility index (Phi) is 3.69. The van der Waals surface area contributed by atoms with Crippen molar-refractivity contribution in [2.24, 2.45) is 0 Å². The zero-order chi connectivity index (χ0) is 14.3. The molecule has 0 aliphatic carbocycles. The molecular formula is C15H10BrClF2O. The van der Waals surface area contributed by atoms with Crippen LogP contribution in [-0.4, -0.2) is 11.4 Å². The number of hydrogen-bond donors (Lipinski definition) is 0. The van der Waals surface area contributed by atoms with Gasteiger partial charge >= 0.3 is 0 Å². The SMILES string of the molecule is Fc1cc2c(c(-c3c(F)cccc3Cl)c1)O[C@@H](CBr)C2. The van der Waals surface area contributed by atoms with E-state index in [2.05, 4.69) is 15.9 Å². The first kappa shape index (κ1) is 13.8. The Morgan fingerprint density at radius 3 is 2.80 bits per heavy atom. The molecule has 0 bridgehead atoms. The Morgan fingerprint density at radius 1 is 1.30 bits per heavy atom. The largest absolute Gasteiger partial charge is 0.488 e. The van der Waals surface area contributed by atoms with Crippen LogP contribution < -0.4 is 4.74 Å². The van der Waals surface area contributed by atoms with E-state index in [4.69, 9.17) is 16.3 Å². The highest BCUT2D eigenvalue weighted by Gasteiger charge is 2.27. The predicted octanol–water partition coefficient (Wildman–Crippen LogP) is 4.98. The molecule has 20 heavy (non-hydrogen) atoms. The number of alkyl halides is 1. The zero-order valence-electron chi connectivity index (χ0n) is 10.3. The van der Waals surface area contributed by atoms with E-state index in [1.807, 2.05) is 0 Å². The molecule has 1 heterocycles. The minimum absolute atomic E-state index is 0.0731. The molecule has 1 aliphatic heterocycles. The van der Waals surface area contributed by atoms with Crippen molar-refractivity contribution < 1.29 is 13.5 Å². The molecule has 0 amide bonds. The molecule has 0 saturated carbocycles. The molecule has 0 radical (unpaired) electrons. The van der Waals surface area contributed by atoms with Gasteiger partial charge in [0.1, 0.15) is 23.5 Å². The van der Waals surface area contributed by atoms with E-state index in [1.165, 1.54) is 24.3 Å². The summed E-state index contributed by atoms with van der Waals surface area (Å²) < 4.78 is 33.6. The molecule has 1 atom stereocenters. The first-order valence-corrected chi connectivity index (χ1v) is 7.59. The normalized spacial score (nSPS) is 16.9. The fraction of sp³-hybridized carbons (Fsp3) is 0.200. The van der Waals surface area contributed by atoms with Gasteiger partial charge in [-0.15, -0.1) is 0 Å². The molecule has 2 aromatic carbocycles. The fourth-order valence-corrected chi connectivity index (χ4v) is 3.05. The Hall–Kier alpha value is -1.13. The number of hydrogen-bond acceptors (Lipinski definition) is 1. The molecule has 0 aromatic heterocycles. The van der Waals surface area contributed by atoms with Crippen LogP contribution in [0.2, 0.25) is 5.02 Å². The number of fused-ring (bicyclic) bond motifs is 1. The Balaban J connectivity index is 2.21. The molecule has 3 rings (SSSR count). The molecule has 1 aliphatic rings. The van der Waals surface area contributed by atoms with Crippen LogP contribution in [0.3, 0.4) is 0 Å². The third kappa shape index (κ3) is 2.31. The van der Waals surface area contributed by atoms with Crippen molar-refractivity contribution in [3.05, 3.63) is 52.6 Å². The Labute approximate surface area is 128 Å². The summed E-state index contributed by atoms with van der Waals surface area (Å²) in [6, 6.07) is 7.09. The standard InChI is InChI=1S/C15H10BrClF2O/c16-7-10-5-8-4-9(18)6-11(15(8)20-10)14-12(17)2-1-3-13(14)19/h1-4,6,10H,5,7H2/t10-/m1/s1. The highest BCUT2D eigenvalue weighted by molar-refractivity contribution is 9.09. The molecule has 0 saturated heterocycles. The van der Waals surface area contributed by atoms with Crippen LogP contribution in [0.1, 0.15) is 5.56 Å². The smallest absolute Gasteiger partial charge is 0.132 e. The third-order valence-corrected chi connectivity index (χ3v) is 4.30. The van der Waals surface area contributed by atoms with Gasteiger partial charge in [-0.1, -0.05) is 33.6 Å². The van der Waals surface area contributed by atoms with Crippen molar-refractivity contribution >= 4 is 27.5 Å². The Morgan fingerprint density at radius 2 is 2.10 bits per heavy atom. The minimum Gasteiger partial charge on any atom is -0.488 e. The monoisotopic (exact) mass is 358 g/mol. The van der Waals surface area contributed by atoms with Crippen molar-refractivity contribution in [2.45, 2.75) is 12.5 Å². The molecule has 0 N–H and O–H groups in total. The van der Waals surface area contributed by atoms with E-state index in [-0.39, 0.29) is 16.7 Å². The third-order valence-electron chi connectivity index (χ3n) is 3.27. The van der Waals surface area contributed by atoms with Gasteiger partial charge in [-0.3, -0.25) is 0 Å². The summed E-state index contributed by atoms with van der Waals surface area (Å²) in [4.78, 5) is 0.